The Morgan fingerprint density at radius 1 is 1.42 bits per heavy atom. The Labute approximate surface area is 125 Å². The lowest BCUT2D eigenvalue weighted by molar-refractivity contribution is 0.0696. The van der Waals surface area contributed by atoms with E-state index in [0.29, 0.717) is 0 Å². The van der Waals surface area contributed by atoms with Crippen molar-refractivity contribution in [1.82, 2.24) is 0 Å². The van der Waals surface area contributed by atoms with E-state index < -0.39 is 21.6 Å². The van der Waals surface area contributed by atoms with E-state index in [4.69, 9.17) is 39.9 Å². The second-order valence-electron chi connectivity index (χ2n) is 3.70. The molecular formula is C11H9Cl3O4S. The molecule has 0 saturated heterocycles. The van der Waals surface area contributed by atoms with E-state index in [0.717, 1.165) is 5.54 Å². The van der Waals surface area contributed by atoms with Crippen LogP contribution in [0.4, 0.5) is 0 Å². The van der Waals surface area contributed by atoms with Gasteiger partial charge in [0.05, 0.1) is 16.2 Å². The maximum Gasteiger partial charge on any atom is 0.336 e. The molecule has 0 bridgehead atoms. The van der Waals surface area contributed by atoms with E-state index in [1.165, 1.54) is 19.1 Å². The molecule has 1 aromatic rings. The van der Waals surface area contributed by atoms with Crippen LogP contribution in [0.5, 0.6) is 0 Å². The molecule has 0 saturated carbocycles. The first kappa shape index (κ1) is 16.3. The summed E-state index contributed by atoms with van der Waals surface area (Å²) in [6, 6.07) is 2.38. The van der Waals surface area contributed by atoms with Crippen molar-refractivity contribution in [3.8, 4) is 0 Å². The monoisotopic (exact) mass is 342 g/mol. The Balaban J connectivity index is 3.47. The minimum atomic E-state index is -3.81. The van der Waals surface area contributed by atoms with Gasteiger partial charge >= 0.3 is 5.97 Å². The molecule has 1 rings (SSSR count). The molecule has 0 spiro atoms. The van der Waals surface area contributed by atoms with Gasteiger partial charge in [0.1, 0.15) is 0 Å². The number of hydrogen-bond donors (Lipinski definition) is 1. The predicted octanol–water partition coefficient (Wildman–Crippen LogP) is 3.44. The molecule has 4 nitrogen and oxygen atoms in total. The largest absolute Gasteiger partial charge is 0.478 e. The van der Waals surface area contributed by atoms with E-state index in [1.54, 1.807) is 0 Å². The zero-order valence-corrected chi connectivity index (χ0v) is 12.7. The van der Waals surface area contributed by atoms with E-state index in [2.05, 4.69) is 0 Å². The highest BCUT2D eigenvalue weighted by Crippen LogP contribution is 2.27. The molecule has 0 aliphatic rings. The summed E-state index contributed by atoms with van der Waals surface area (Å²) in [5.41, 5.74) is 0.880. The highest BCUT2D eigenvalue weighted by atomic mass is 35.5. The molecule has 0 aromatic heterocycles. The van der Waals surface area contributed by atoms with E-state index >= 15 is 0 Å². The van der Waals surface area contributed by atoms with Gasteiger partial charge in [0.2, 0.25) is 0 Å². The second kappa shape index (κ2) is 6.13. The van der Waals surface area contributed by atoms with E-state index in [-0.39, 0.29) is 26.1 Å². The second-order valence-corrected chi connectivity index (χ2v) is 6.79. The third-order valence-corrected chi connectivity index (χ3v) is 5.12. The van der Waals surface area contributed by atoms with Gasteiger partial charge in [-0.3, -0.25) is 0 Å². The summed E-state index contributed by atoms with van der Waals surface area (Å²) >= 11 is 16.7. The standard InChI is InChI=1S/C11H9Cl3O4S/c1-6-9(11(15)16)2-7(13)3-10(6)19(17,18)5-8(14)4-12/h2-4H,5H2,1H3,(H,15,16). The molecule has 0 fully saturated rings. The Hall–Kier alpha value is -0.750. The lowest BCUT2D eigenvalue weighted by atomic mass is 10.1. The van der Waals surface area contributed by atoms with Crippen molar-refractivity contribution in [3.63, 3.8) is 0 Å². The number of carboxylic acids is 1. The fourth-order valence-corrected chi connectivity index (χ4v) is 3.86. The molecule has 0 unspecified atom stereocenters. The molecule has 0 heterocycles. The first-order valence-corrected chi connectivity index (χ1v) is 7.74. The summed E-state index contributed by atoms with van der Waals surface area (Å²) in [5.74, 6) is -1.77. The zero-order valence-electron chi connectivity index (χ0n) is 9.65. The van der Waals surface area contributed by atoms with Crippen molar-refractivity contribution < 1.29 is 18.3 Å². The van der Waals surface area contributed by atoms with Crippen LogP contribution in [-0.2, 0) is 9.84 Å². The van der Waals surface area contributed by atoms with E-state index in [9.17, 15) is 13.2 Å². The summed E-state index contributed by atoms with van der Waals surface area (Å²) in [6.07, 6.45) is 0. The molecule has 0 atom stereocenters. The Morgan fingerprint density at radius 3 is 2.47 bits per heavy atom. The van der Waals surface area contributed by atoms with Crippen molar-refractivity contribution in [2.24, 2.45) is 0 Å². The van der Waals surface area contributed by atoms with Gasteiger partial charge in [-0.05, 0) is 24.6 Å². The third-order valence-electron chi connectivity index (χ3n) is 2.34. The summed E-state index contributed by atoms with van der Waals surface area (Å²) in [4.78, 5) is 10.8. The number of carboxylic acid groups (broad SMARTS) is 1. The molecular weight excluding hydrogens is 335 g/mol. The summed E-state index contributed by atoms with van der Waals surface area (Å²) in [5, 5.41) is 8.95. The Bertz CT molecular complexity index is 650. The number of sulfone groups is 1. The molecule has 0 aliphatic heterocycles. The van der Waals surface area contributed by atoms with Crippen molar-refractivity contribution in [2.75, 3.05) is 5.75 Å². The predicted molar refractivity (Wildman–Crippen MR) is 75.0 cm³/mol. The summed E-state index contributed by atoms with van der Waals surface area (Å²) in [6.45, 7) is 1.39. The topological polar surface area (TPSA) is 71.4 Å². The minimum Gasteiger partial charge on any atom is -0.478 e. The van der Waals surface area contributed by atoms with Gasteiger partial charge in [0.25, 0.3) is 0 Å². The smallest absolute Gasteiger partial charge is 0.336 e. The number of aromatic carboxylic acids is 1. The molecule has 1 N–H and O–H groups in total. The first-order chi connectivity index (χ1) is 8.69. The van der Waals surface area contributed by atoms with Gasteiger partial charge in [-0.25, -0.2) is 13.2 Å². The number of hydrogen-bond acceptors (Lipinski definition) is 3. The maximum atomic E-state index is 12.1. The van der Waals surface area contributed by atoms with Crippen LogP contribution in [0.25, 0.3) is 0 Å². The van der Waals surface area contributed by atoms with Crippen LogP contribution in [0.2, 0.25) is 5.02 Å². The highest BCUT2D eigenvalue weighted by Gasteiger charge is 2.23. The molecule has 0 aliphatic carbocycles. The summed E-state index contributed by atoms with van der Waals surface area (Å²) < 4.78 is 24.2. The van der Waals surface area contributed by atoms with Crippen LogP contribution in [0.3, 0.4) is 0 Å². The average Bonchev–Trinajstić information content (AvgIpc) is 2.30. The van der Waals surface area contributed by atoms with Crippen LogP contribution in [0.1, 0.15) is 15.9 Å². The molecule has 19 heavy (non-hydrogen) atoms. The molecule has 0 amide bonds. The Morgan fingerprint density at radius 2 is 2.00 bits per heavy atom. The normalized spacial score (nSPS) is 12.5. The average molecular weight is 344 g/mol. The molecule has 1 aromatic carbocycles. The number of carbonyl (C=O) groups is 1. The van der Waals surface area contributed by atoms with Gasteiger partial charge in [-0.15, -0.1) is 0 Å². The molecule has 104 valence electrons. The first-order valence-electron chi connectivity index (χ1n) is 4.90. The van der Waals surface area contributed by atoms with Gasteiger partial charge in [0, 0.05) is 15.6 Å². The zero-order chi connectivity index (χ0) is 14.8. The van der Waals surface area contributed by atoms with Crippen molar-refractivity contribution in [3.05, 3.63) is 38.8 Å². The quantitative estimate of drug-likeness (QED) is 0.909. The van der Waals surface area contributed by atoms with Gasteiger partial charge in [0.15, 0.2) is 9.84 Å². The highest BCUT2D eigenvalue weighted by molar-refractivity contribution is 7.91. The van der Waals surface area contributed by atoms with Crippen LogP contribution in [0.15, 0.2) is 27.6 Å². The van der Waals surface area contributed by atoms with Gasteiger partial charge in [-0.2, -0.15) is 0 Å². The number of rotatable bonds is 4. The fourth-order valence-electron chi connectivity index (χ4n) is 1.49. The molecule has 8 heteroatoms. The minimum absolute atomic E-state index is 0.0209. The van der Waals surface area contributed by atoms with Crippen LogP contribution < -0.4 is 0 Å². The van der Waals surface area contributed by atoms with Crippen LogP contribution >= 0.6 is 34.8 Å². The SMILES string of the molecule is Cc1c(C(=O)O)cc(Cl)cc1S(=O)(=O)CC(Cl)=CCl. The number of benzene rings is 1. The summed E-state index contributed by atoms with van der Waals surface area (Å²) in [7, 11) is -3.81. The van der Waals surface area contributed by atoms with Crippen molar-refractivity contribution >= 4 is 50.6 Å². The lowest BCUT2D eigenvalue weighted by Gasteiger charge is -2.10. The molecule has 0 radical (unpaired) electrons. The van der Waals surface area contributed by atoms with Crippen LogP contribution in [-0.4, -0.2) is 25.2 Å². The fraction of sp³-hybridized carbons (Fsp3) is 0.182. The Kier molecular flexibility index (Phi) is 5.26. The number of halogens is 3. The van der Waals surface area contributed by atoms with Gasteiger partial charge < -0.3 is 5.11 Å². The maximum absolute atomic E-state index is 12.1. The van der Waals surface area contributed by atoms with Crippen molar-refractivity contribution in [1.29, 1.82) is 0 Å². The van der Waals surface area contributed by atoms with E-state index in [1.807, 2.05) is 0 Å². The van der Waals surface area contributed by atoms with Crippen LogP contribution in [0, 0.1) is 6.92 Å². The van der Waals surface area contributed by atoms with Crippen molar-refractivity contribution in [2.45, 2.75) is 11.8 Å². The van der Waals surface area contributed by atoms with Gasteiger partial charge in [-0.1, -0.05) is 34.8 Å². The third kappa shape index (κ3) is 3.86. The lowest BCUT2D eigenvalue weighted by Crippen LogP contribution is -2.12.